The minimum Gasteiger partial charge on any atom is -0.376 e. The Kier molecular flexibility index (Phi) is 6.55. The van der Waals surface area contributed by atoms with Gasteiger partial charge in [0.15, 0.2) is 0 Å². The Hall–Kier alpha value is -3.52. The molecular weight excluding hydrogens is 422 g/mol. The molecule has 0 bridgehead atoms. The van der Waals surface area contributed by atoms with Crippen LogP contribution in [-0.2, 0) is 14.3 Å². The zero-order chi connectivity index (χ0) is 23.5. The topological polar surface area (TPSA) is 96.0 Å². The van der Waals surface area contributed by atoms with Crippen LogP contribution in [0.1, 0.15) is 44.7 Å². The standard InChI is InChI=1S/C25H27N3O5/c1-16-7-5-11-21(17(16)2)26-22(29)14-27(13-18-8-6-12-33-18)23(30)15-28-24(31)19-9-3-4-10-20(19)25(28)32/h3-5,7,9-11,18H,6,8,12-15H2,1-2H3,(H,26,29). The van der Waals surface area contributed by atoms with E-state index in [0.29, 0.717) is 12.3 Å². The maximum absolute atomic E-state index is 13.2. The molecule has 1 unspecified atom stereocenters. The number of ether oxygens (including phenoxy) is 1. The fourth-order valence-electron chi connectivity index (χ4n) is 4.16. The van der Waals surface area contributed by atoms with Gasteiger partial charge in [0.2, 0.25) is 11.8 Å². The van der Waals surface area contributed by atoms with Crippen LogP contribution in [0, 0.1) is 13.8 Å². The maximum Gasteiger partial charge on any atom is 0.262 e. The highest BCUT2D eigenvalue weighted by Crippen LogP contribution is 2.23. The van der Waals surface area contributed by atoms with E-state index in [1.54, 1.807) is 24.3 Å². The van der Waals surface area contributed by atoms with Crippen LogP contribution in [0.2, 0.25) is 0 Å². The Morgan fingerprint density at radius 1 is 1.06 bits per heavy atom. The molecular formula is C25H27N3O5. The summed E-state index contributed by atoms with van der Waals surface area (Å²) in [6, 6.07) is 12.1. The lowest BCUT2D eigenvalue weighted by Crippen LogP contribution is -2.47. The zero-order valence-electron chi connectivity index (χ0n) is 18.8. The summed E-state index contributed by atoms with van der Waals surface area (Å²) in [5.41, 5.74) is 3.26. The lowest BCUT2D eigenvalue weighted by Gasteiger charge is -2.27. The molecule has 0 spiro atoms. The summed E-state index contributed by atoms with van der Waals surface area (Å²) >= 11 is 0. The molecule has 172 valence electrons. The monoisotopic (exact) mass is 449 g/mol. The number of nitrogens with zero attached hydrogens (tertiary/aromatic N) is 2. The Morgan fingerprint density at radius 3 is 2.39 bits per heavy atom. The minimum absolute atomic E-state index is 0.176. The fourth-order valence-corrected chi connectivity index (χ4v) is 4.16. The van der Waals surface area contributed by atoms with Gasteiger partial charge in [0.05, 0.1) is 17.2 Å². The van der Waals surface area contributed by atoms with Crippen molar-refractivity contribution >= 4 is 29.3 Å². The van der Waals surface area contributed by atoms with Crippen molar-refractivity contribution in [3.05, 3.63) is 64.7 Å². The molecule has 1 fully saturated rings. The second kappa shape index (κ2) is 9.54. The number of amides is 4. The molecule has 0 aliphatic carbocycles. The Bertz CT molecular complexity index is 1070. The highest BCUT2D eigenvalue weighted by atomic mass is 16.5. The molecule has 0 aromatic heterocycles. The third kappa shape index (κ3) is 4.80. The second-order valence-corrected chi connectivity index (χ2v) is 8.45. The quantitative estimate of drug-likeness (QED) is 0.656. The average Bonchev–Trinajstić information content (AvgIpc) is 3.39. The molecule has 8 nitrogen and oxygen atoms in total. The van der Waals surface area contributed by atoms with Gasteiger partial charge in [-0.1, -0.05) is 24.3 Å². The molecule has 8 heteroatoms. The van der Waals surface area contributed by atoms with Gasteiger partial charge in [-0.3, -0.25) is 24.1 Å². The molecule has 2 aliphatic heterocycles. The number of benzene rings is 2. The molecule has 1 atom stereocenters. The van der Waals surface area contributed by atoms with E-state index in [-0.39, 0.29) is 36.2 Å². The summed E-state index contributed by atoms with van der Waals surface area (Å²) in [6.45, 7) is 4.09. The molecule has 4 rings (SSSR count). The number of carbonyl (C=O) groups is 4. The highest BCUT2D eigenvalue weighted by Gasteiger charge is 2.37. The summed E-state index contributed by atoms with van der Waals surface area (Å²) in [5.74, 6) is -1.82. The lowest BCUT2D eigenvalue weighted by molar-refractivity contribution is -0.136. The van der Waals surface area contributed by atoms with E-state index < -0.39 is 24.3 Å². The van der Waals surface area contributed by atoms with Crippen molar-refractivity contribution in [1.29, 1.82) is 0 Å². The van der Waals surface area contributed by atoms with Crippen LogP contribution in [-0.4, -0.2) is 65.8 Å². The fraction of sp³-hybridized carbons (Fsp3) is 0.360. The van der Waals surface area contributed by atoms with Crippen molar-refractivity contribution in [2.24, 2.45) is 0 Å². The van der Waals surface area contributed by atoms with E-state index in [4.69, 9.17) is 4.74 Å². The van der Waals surface area contributed by atoms with Crippen LogP contribution in [0.15, 0.2) is 42.5 Å². The summed E-state index contributed by atoms with van der Waals surface area (Å²) in [7, 11) is 0. The summed E-state index contributed by atoms with van der Waals surface area (Å²) in [4.78, 5) is 53.7. The molecule has 1 saturated heterocycles. The third-order valence-electron chi connectivity index (χ3n) is 6.19. The van der Waals surface area contributed by atoms with Crippen molar-refractivity contribution < 1.29 is 23.9 Å². The smallest absolute Gasteiger partial charge is 0.262 e. The molecule has 33 heavy (non-hydrogen) atoms. The zero-order valence-corrected chi connectivity index (χ0v) is 18.8. The first kappa shape index (κ1) is 22.7. The van der Waals surface area contributed by atoms with Crippen LogP contribution in [0.5, 0.6) is 0 Å². The number of hydrogen-bond acceptors (Lipinski definition) is 5. The van der Waals surface area contributed by atoms with E-state index in [1.807, 2.05) is 32.0 Å². The van der Waals surface area contributed by atoms with Gasteiger partial charge < -0.3 is 15.0 Å². The van der Waals surface area contributed by atoms with Gasteiger partial charge in [0.1, 0.15) is 13.1 Å². The molecule has 2 aliphatic rings. The largest absolute Gasteiger partial charge is 0.376 e. The van der Waals surface area contributed by atoms with Gasteiger partial charge in [0.25, 0.3) is 11.8 Å². The molecule has 2 heterocycles. The number of rotatable bonds is 7. The first-order chi connectivity index (χ1) is 15.8. The van der Waals surface area contributed by atoms with E-state index in [1.165, 1.54) is 4.90 Å². The number of hydrogen-bond donors (Lipinski definition) is 1. The SMILES string of the molecule is Cc1cccc(NC(=O)CN(CC2CCCO2)C(=O)CN2C(=O)c3ccccc3C2=O)c1C. The van der Waals surface area contributed by atoms with E-state index in [2.05, 4.69) is 5.32 Å². The van der Waals surface area contributed by atoms with Gasteiger partial charge >= 0.3 is 0 Å². The normalized spacial score (nSPS) is 17.3. The van der Waals surface area contributed by atoms with Gasteiger partial charge in [-0.15, -0.1) is 0 Å². The van der Waals surface area contributed by atoms with E-state index in [0.717, 1.165) is 28.9 Å². The highest BCUT2D eigenvalue weighted by molar-refractivity contribution is 6.22. The van der Waals surface area contributed by atoms with Crippen molar-refractivity contribution in [1.82, 2.24) is 9.80 Å². The van der Waals surface area contributed by atoms with Gasteiger partial charge in [-0.05, 0) is 56.0 Å². The van der Waals surface area contributed by atoms with Crippen LogP contribution in [0.25, 0.3) is 0 Å². The van der Waals surface area contributed by atoms with Gasteiger partial charge in [-0.2, -0.15) is 0 Å². The number of carbonyl (C=O) groups excluding carboxylic acids is 4. The van der Waals surface area contributed by atoms with Gasteiger partial charge in [-0.25, -0.2) is 0 Å². The molecule has 2 aromatic rings. The summed E-state index contributed by atoms with van der Waals surface area (Å²) in [6.07, 6.45) is 1.50. The van der Waals surface area contributed by atoms with Gasteiger partial charge in [0, 0.05) is 18.8 Å². The van der Waals surface area contributed by atoms with E-state index >= 15 is 0 Å². The minimum atomic E-state index is -0.499. The Balaban J connectivity index is 1.47. The predicted molar refractivity (Wildman–Crippen MR) is 122 cm³/mol. The average molecular weight is 450 g/mol. The number of nitrogens with one attached hydrogen (secondary N) is 1. The van der Waals surface area contributed by atoms with Crippen LogP contribution in [0.4, 0.5) is 5.69 Å². The van der Waals surface area contributed by atoms with Crippen LogP contribution in [0.3, 0.4) is 0 Å². The maximum atomic E-state index is 13.2. The van der Waals surface area contributed by atoms with Crippen molar-refractivity contribution in [2.45, 2.75) is 32.8 Å². The first-order valence-corrected chi connectivity index (χ1v) is 11.1. The molecule has 2 aromatic carbocycles. The Morgan fingerprint density at radius 2 is 1.76 bits per heavy atom. The van der Waals surface area contributed by atoms with Crippen molar-refractivity contribution in [3.63, 3.8) is 0 Å². The van der Waals surface area contributed by atoms with E-state index in [9.17, 15) is 19.2 Å². The predicted octanol–water partition coefficient (Wildman–Crippen LogP) is 2.55. The summed E-state index contributed by atoms with van der Waals surface area (Å²) < 4.78 is 5.66. The molecule has 0 radical (unpaired) electrons. The van der Waals surface area contributed by atoms with Crippen molar-refractivity contribution in [2.75, 3.05) is 31.6 Å². The number of anilines is 1. The molecule has 1 N–H and O–H groups in total. The second-order valence-electron chi connectivity index (χ2n) is 8.45. The van der Waals surface area contributed by atoms with Crippen LogP contribution >= 0.6 is 0 Å². The third-order valence-corrected chi connectivity index (χ3v) is 6.19. The summed E-state index contributed by atoms with van der Waals surface area (Å²) in [5, 5.41) is 2.87. The molecule has 4 amide bonds. The Labute approximate surface area is 192 Å². The van der Waals surface area contributed by atoms with Crippen LogP contribution < -0.4 is 5.32 Å². The number of aryl methyl sites for hydroxylation is 1. The van der Waals surface area contributed by atoms with Crippen molar-refractivity contribution in [3.8, 4) is 0 Å². The number of imide groups is 1. The first-order valence-electron chi connectivity index (χ1n) is 11.1. The number of fused-ring (bicyclic) bond motifs is 1. The lowest BCUT2D eigenvalue weighted by atomic mass is 10.1. The molecule has 0 saturated carbocycles.